The molecule has 0 aliphatic carbocycles. The maximum Gasteiger partial charge on any atom is 0.405 e. The van der Waals surface area contributed by atoms with Gasteiger partial charge in [-0.1, -0.05) is 6.07 Å². The van der Waals surface area contributed by atoms with Crippen LogP contribution in [0.15, 0.2) is 24.4 Å². The summed E-state index contributed by atoms with van der Waals surface area (Å²) in [7, 11) is 0. The van der Waals surface area contributed by atoms with Gasteiger partial charge >= 0.3 is 12.2 Å². The number of anilines is 1. The van der Waals surface area contributed by atoms with Crippen LogP contribution in [0.3, 0.4) is 0 Å². The molecule has 1 saturated heterocycles. The molecule has 1 aromatic rings. The number of carbonyl (C=O) groups excluding carboxylic acids is 2. The second-order valence-corrected chi connectivity index (χ2v) is 5.30. The molecule has 10 heteroatoms. The molecule has 24 heavy (non-hydrogen) atoms. The fourth-order valence-corrected chi connectivity index (χ4v) is 2.27. The maximum atomic E-state index is 12.0. The van der Waals surface area contributed by atoms with Gasteiger partial charge in [0.2, 0.25) is 5.91 Å². The molecule has 132 valence electrons. The first-order valence-electron chi connectivity index (χ1n) is 7.36. The molecule has 7 nitrogen and oxygen atoms in total. The SMILES string of the molecule is O=C(CN1CCN(c2ccccn2)CC1)NC(=O)NCC(F)(F)F. The Morgan fingerprint density at radius 2 is 1.88 bits per heavy atom. The molecular formula is C14H18F3N5O2. The quantitative estimate of drug-likeness (QED) is 0.835. The highest BCUT2D eigenvalue weighted by atomic mass is 19.4. The van der Waals surface area contributed by atoms with E-state index in [9.17, 15) is 22.8 Å². The summed E-state index contributed by atoms with van der Waals surface area (Å²) < 4.78 is 35.9. The molecular weight excluding hydrogens is 327 g/mol. The van der Waals surface area contributed by atoms with Crippen molar-refractivity contribution in [3.8, 4) is 0 Å². The second-order valence-electron chi connectivity index (χ2n) is 5.30. The molecule has 0 radical (unpaired) electrons. The van der Waals surface area contributed by atoms with Crippen LogP contribution in [0.5, 0.6) is 0 Å². The summed E-state index contributed by atoms with van der Waals surface area (Å²) in [6.45, 7) is 1.00. The van der Waals surface area contributed by atoms with Crippen LogP contribution in [0.2, 0.25) is 0 Å². The summed E-state index contributed by atoms with van der Waals surface area (Å²) in [5.41, 5.74) is 0. The minimum absolute atomic E-state index is 0.0461. The van der Waals surface area contributed by atoms with Crippen molar-refractivity contribution in [2.24, 2.45) is 0 Å². The van der Waals surface area contributed by atoms with Crippen LogP contribution < -0.4 is 15.5 Å². The van der Waals surface area contributed by atoms with Crippen LogP contribution >= 0.6 is 0 Å². The van der Waals surface area contributed by atoms with Crippen LogP contribution in [-0.4, -0.2) is 67.3 Å². The average Bonchev–Trinajstić information content (AvgIpc) is 2.54. The number of alkyl halides is 3. The Labute approximate surface area is 136 Å². The predicted octanol–water partition coefficient (Wildman–Crippen LogP) is 0.592. The van der Waals surface area contributed by atoms with Gasteiger partial charge in [0, 0.05) is 32.4 Å². The first-order valence-corrected chi connectivity index (χ1v) is 7.36. The van der Waals surface area contributed by atoms with Crippen LogP contribution in [0, 0.1) is 0 Å². The molecule has 2 rings (SSSR count). The number of hydrogen-bond donors (Lipinski definition) is 2. The average molecular weight is 345 g/mol. The molecule has 0 unspecified atom stereocenters. The molecule has 0 atom stereocenters. The molecule has 3 amide bonds. The lowest BCUT2D eigenvalue weighted by atomic mass is 10.3. The van der Waals surface area contributed by atoms with Gasteiger partial charge in [-0.2, -0.15) is 13.2 Å². The minimum atomic E-state index is -4.51. The number of amides is 3. The molecule has 1 fully saturated rings. The van der Waals surface area contributed by atoms with Gasteiger partial charge < -0.3 is 10.2 Å². The Bertz CT molecular complexity index is 559. The van der Waals surface area contributed by atoms with E-state index in [4.69, 9.17) is 0 Å². The van der Waals surface area contributed by atoms with Crippen molar-refractivity contribution in [1.82, 2.24) is 20.5 Å². The minimum Gasteiger partial charge on any atom is -0.354 e. The van der Waals surface area contributed by atoms with Crippen LogP contribution in [0.1, 0.15) is 0 Å². The van der Waals surface area contributed by atoms with E-state index in [2.05, 4.69) is 9.88 Å². The van der Waals surface area contributed by atoms with Crippen molar-refractivity contribution >= 4 is 17.8 Å². The number of piperazine rings is 1. The topological polar surface area (TPSA) is 77.6 Å². The summed E-state index contributed by atoms with van der Waals surface area (Å²) in [5, 5.41) is 3.47. The first-order chi connectivity index (χ1) is 11.3. The van der Waals surface area contributed by atoms with E-state index in [0.29, 0.717) is 26.2 Å². The van der Waals surface area contributed by atoms with E-state index in [1.165, 1.54) is 0 Å². The van der Waals surface area contributed by atoms with Gasteiger partial charge in [-0.3, -0.25) is 15.0 Å². The molecule has 0 spiro atoms. The highest BCUT2D eigenvalue weighted by Gasteiger charge is 2.28. The highest BCUT2D eigenvalue weighted by Crippen LogP contribution is 2.13. The molecule has 0 saturated carbocycles. The lowest BCUT2D eigenvalue weighted by Crippen LogP contribution is -2.51. The van der Waals surface area contributed by atoms with Crippen molar-refractivity contribution in [3.05, 3.63) is 24.4 Å². The molecule has 1 aliphatic rings. The van der Waals surface area contributed by atoms with Crippen LogP contribution in [-0.2, 0) is 4.79 Å². The fraction of sp³-hybridized carbons (Fsp3) is 0.500. The smallest absolute Gasteiger partial charge is 0.354 e. The second kappa shape index (κ2) is 7.95. The molecule has 0 aromatic carbocycles. The van der Waals surface area contributed by atoms with E-state index < -0.39 is 24.7 Å². The molecule has 0 bridgehead atoms. The summed E-state index contributed by atoms with van der Waals surface area (Å²) in [4.78, 5) is 31.0. The van der Waals surface area contributed by atoms with E-state index in [-0.39, 0.29) is 6.54 Å². The lowest BCUT2D eigenvalue weighted by molar-refractivity contribution is -0.125. The Kier molecular flexibility index (Phi) is 5.96. The summed E-state index contributed by atoms with van der Waals surface area (Å²) in [5.74, 6) is 0.217. The third-order valence-electron chi connectivity index (χ3n) is 3.42. The summed E-state index contributed by atoms with van der Waals surface area (Å²) >= 11 is 0. The number of imide groups is 1. The number of aromatic nitrogens is 1. The predicted molar refractivity (Wildman–Crippen MR) is 80.5 cm³/mol. The van der Waals surface area contributed by atoms with Crippen molar-refractivity contribution in [2.75, 3.05) is 44.2 Å². The van der Waals surface area contributed by atoms with Gasteiger partial charge in [0.25, 0.3) is 0 Å². The Morgan fingerprint density at radius 3 is 2.46 bits per heavy atom. The zero-order valence-corrected chi connectivity index (χ0v) is 12.8. The van der Waals surface area contributed by atoms with Gasteiger partial charge in [0.05, 0.1) is 6.54 Å². The van der Waals surface area contributed by atoms with E-state index in [1.807, 2.05) is 28.4 Å². The number of carbonyl (C=O) groups is 2. The normalized spacial score (nSPS) is 15.9. The third kappa shape index (κ3) is 6.03. The summed E-state index contributed by atoms with van der Waals surface area (Å²) in [6, 6.07) is 4.47. The number of halogens is 3. The third-order valence-corrected chi connectivity index (χ3v) is 3.42. The highest BCUT2D eigenvalue weighted by molar-refractivity contribution is 5.95. The summed E-state index contributed by atoms with van der Waals surface area (Å²) in [6.07, 6.45) is -2.81. The Hall–Kier alpha value is -2.36. The molecule has 1 aliphatic heterocycles. The van der Waals surface area contributed by atoms with Crippen LogP contribution in [0.4, 0.5) is 23.8 Å². The van der Waals surface area contributed by atoms with Crippen molar-refractivity contribution in [2.45, 2.75) is 6.18 Å². The standard InChI is InChI=1S/C14H18F3N5O2/c15-14(16,17)10-19-13(24)20-12(23)9-21-5-7-22(8-6-21)11-3-1-2-4-18-11/h1-4H,5-10H2,(H2,19,20,23,24). The number of nitrogens with zero attached hydrogens (tertiary/aromatic N) is 3. The zero-order valence-electron chi connectivity index (χ0n) is 12.8. The fourth-order valence-electron chi connectivity index (χ4n) is 2.27. The number of urea groups is 1. The number of hydrogen-bond acceptors (Lipinski definition) is 5. The van der Waals surface area contributed by atoms with Gasteiger partial charge in [0.1, 0.15) is 12.4 Å². The molecule has 1 aromatic heterocycles. The van der Waals surface area contributed by atoms with Gasteiger partial charge in [0.15, 0.2) is 0 Å². The van der Waals surface area contributed by atoms with Crippen molar-refractivity contribution < 1.29 is 22.8 Å². The first kappa shape index (κ1) is 18.0. The number of rotatable bonds is 4. The van der Waals surface area contributed by atoms with Gasteiger partial charge in [-0.15, -0.1) is 0 Å². The van der Waals surface area contributed by atoms with Crippen LogP contribution in [0.25, 0.3) is 0 Å². The van der Waals surface area contributed by atoms with E-state index in [0.717, 1.165) is 5.82 Å². The largest absolute Gasteiger partial charge is 0.405 e. The number of pyridine rings is 1. The molecule has 2 heterocycles. The van der Waals surface area contributed by atoms with E-state index in [1.54, 1.807) is 11.5 Å². The van der Waals surface area contributed by atoms with Gasteiger partial charge in [-0.05, 0) is 12.1 Å². The van der Waals surface area contributed by atoms with Crippen molar-refractivity contribution in [1.29, 1.82) is 0 Å². The molecule has 2 N–H and O–H groups in total. The zero-order chi connectivity index (χ0) is 17.6. The van der Waals surface area contributed by atoms with E-state index >= 15 is 0 Å². The maximum absolute atomic E-state index is 12.0. The lowest BCUT2D eigenvalue weighted by Gasteiger charge is -2.34. The van der Waals surface area contributed by atoms with Crippen molar-refractivity contribution in [3.63, 3.8) is 0 Å². The Balaban J connectivity index is 1.69. The van der Waals surface area contributed by atoms with Gasteiger partial charge in [-0.25, -0.2) is 9.78 Å². The monoisotopic (exact) mass is 345 g/mol. The Morgan fingerprint density at radius 1 is 1.17 bits per heavy atom. The number of nitrogens with one attached hydrogen (secondary N) is 2.